The van der Waals surface area contributed by atoms with Crippen molar-refractivity contribution in [2.45, 2.75) is 6.61 Å². The number of hydrogen-bond acceptors (Lipinski definition) is 3. The first-order chi connectivity index (χ1) is 9.49. The van der Waals surface area contributed by atoms with E-state index in [-0.39, 0.29) is 11.6 Å². The van der Waals surface area contributed by atoms with Crippen molar-refractivity contribution in [1.82, 2.24) is 0 Å². The number of nitrogen functional groups attached to an aromatic ring is 1. The van der Waals surface area contributed by atoms with Gasteiger partial charge in [0.05, 0.1) is 16.6 Å². The van der Waals surface area contributed by atoms with Crippen molar-refractivity contribution in [3.05, 3.63) is 51.2 Å². The Kier molecular flexibility index (Phi) is 4.73. The predicted molar refractivity (Wildman–Crippen MR) is 80.8 cm³/mol. The Bertz CT molecular complexity index is 637. The fourth-order valence-corrected chi connectivity index (χ4v) is 2.42. The summed E-state index contributed by atoms with van der Waals surface area (Å²) in [6.07, 6.45) is 0. The van der Waals surface area contributed by atoms with Crippen LogP contribution in [0.15, 0.2) is 34.8 Å². The van der Waals surface area contributed by atoms with Crippen LogP contribution >= 0.6 is 27.5 Å². The van der Waals surface area contributed by atoms with Crippen LogP contribution in [0.4, 0.5) is 10.1 Å². The van der Waals surface area contributed by atoms with E-state index in [0.717, 1.165) is 5.56 Å². The second-order valence-corrected chi connectivity index (χ2v) is 5.36. The molecule has 3 nitrogen and oxygen atoms in total. The number of nitrogens with two attached hydrogens (primary N) is 1. The third-order valence-corrected chi connectivity index (χ3v) is 3.50. The van der Waals surface area contributed by atoms with E-state index in [1.807, 2.05) is 0 Å². The molecule has 0 aliphatic carbocycles. The summed E-state index contributed by atoms with van der Waals surface area (Å²) in [6, 6.07) is 7.96. The van der Waals surface area contributed by atoms with Crippen LogP contribution in [0, 0.1) is 5.82 Å². The SMILES string of the molecule is COc1cc(N)cc(COc2cc(F)c(Cl)cc2Br)c1. The lowest BCUT2D eigenvalue weighted by atomic mass is 10.2. The number of benzene rings is 2. The van der Waals surface area contributed by atoms with E-state index in [9.17, 15) is 4.39 Å². The third kappa shape index (κ3) is 3.55. The Balaban J connectivity index is 2.16. The van der Waals surface area contributed by atoms with Gasteiger partial charge in [-0.1, -0.05) is 11.6 Å². The lowest BCUT2D eigenvalue weighted by Gasteiger charge is -2.11. The van der Waals surface area contributed by atoms with E-state index in [2.05, 4.69) is 15.9 Å². The van der Waals surface area contributed by atoms with Crippen molar-refractivity contribution in [2.75, 3.05) is 12.8 Å². The zero-order chi connectivity index (χ0) is 14.7. The predicted octanol–water partition coefficient (Wildman–Crippen LogP) is 4.41. The van der Waals surface area contributed by atoms with Gasteiger partial charge < -0.3 is 15.2 Å². The van der Waals surface area contributed by atoms with Gasteiger partial charge in [-0.2, -0.15) is 0 Å². The van der Waals surface area contributed by atoms with E-state index in [1.54, 1.807) is 25.3 Å². The smallest absolute Gasteiger partial charge is 0.145 e. The number of methoxy groups -OCH3 is 1. The number of rotatable bonds is 4. The standard InChI is InChI=1S/C14H12BrClFNO2/c1-19-10-3-8(2-9(18)4-10)7-20-14-6-13(17)12(16)5-11(14)15/h2-6H,7,18H2,1H3. The van der Waals surface area contributed by atoms with E-state index in [1.165, 1.54) is 12.1 Å². The molecule has 0 saturated heterocycles. The molecule has 0 saturated carbocycles. The minimum atomic E-state index is -0.532. The molecule has 0 atom stereocenters. The van der Waals surface area contributed by atoms with Crippen molar-refractivity contribution < 1.29 is 13.9 Å². The summed E-state index contributed by atoms with van der Waals surface area (Å²) in [5.74, 6) is 0.480. The molecule has 2 N–H and O–H groups in total. The van der Waals surface area contributed by atoms with Gasteiger partial charge >= 0.3 is 0 Å². The van der Waals surface area contributed by atoms with Crippen LogP contribution < -0.4 is 15.2 Å². The molecule has 20 heavy (non-hydrogen) atoms. The van der Waals surface area contributed by atoms with Gasteiger partial charge in [0, 0.05) is 17.8 Å². The molecule has 0 unspecified atom stereocenters. The maximum absolute atomic E-state index is 13.4. The maximum atomic E-state index is 13.4. The molecule has 0 amide bonds. The van der Waals surface area contributed by atoms with Gasteiger partial charge in [-0.3, -0.25) is 0 Å². The van der Waals surface area contributed by atoms with Crippen LogP contribution in [0.5, 0.6) is 11.5 Å². The summed E-state index contributed by atoms with van der Waals surface area (Å²) in [5.41, 5.74) is 7.15. The van der Waals surface area contributed by atoms with Crippen LogP contribution in [0.25, 0.3) is 0 Å². The summed E-state index contributed by atoms with van der Waals surface area (Å²) in [5, 5.41) is 0.0369. The van der Waals surface area contributed by atoms with E-state index >= 15 is 0 Å². The highest BCUT2D eigenvalue weighted by Gasteiger charge is 2.08. The van der Waals surface area contributed by atoms with Gasteiger partial charge in [0.2, 0.25) is 0 Å². The second-order valence-electron chi connectivity index (χ2n) is 4.10. The lowest BCUT2D eigenvalue weighted by Crippen LogP contribution is -1.99. The highest BCUT2D eigenvalue weighted by atomic mass is 79.9. The highest BCUT2D eigenvalue weighted by molar-refractivity contribution is 9.10. The quantitative estimate of drug-likeness (QED) is 0.649. The number of ether oxygens (including phenoxy) is 2. The molecule has 0 aliphatic rings. The minimum absolute atomic E-state index is 0.0369. The topological polar surface area (TPSA) is 44.5 Å². The molecule has 0 aliphatic heterocycles. The lowest BCUT2D eigenvalue weighted by molar-refractivity contribution is 0.301. The summed E-state index contributed by atoms with van der Waals surface area (Å²) in [7, 11) is 1.56. The molecule has 2 aromatic carbocycles. The largest absolute Gasteiger partial charge is 0.497 e. The first-order valence-electron chi connectivity index (χ1n) is 5.70. The minimum Gasteiger partial charge on any atom is -0.497 e. The Hall–Kier alpha value is -1.46. The van der Waals surface area contributed by atoms with Gasteiger partial charge in [-0.15, -0.1) is 0 Å². The fourth-order valence-electron chi connectivity index (χ4n) is 1.66. The van der Waals surface area contributed by atoms with Crippen LogP contribution in [0.2, 0.25) is 5.02 Å². The molecule has 2 aromatic rings. The van der Waals surface area contributed by atoms with Crippen molar-refractivity contribution in [1.29, 1.82) is 0 Å². The molecule has 0 bridgehead atoms. The monoisotopic (exact) mass is 359 g/mol. The molecule has 0 fully saturated rings. The molecule has 106 valence electrons. The van der Waals surface area contributed by atoms with Crippen LogP contribution in [-0.4, -0.2) is 7.11 Å². The van der Waals surface area contributed by atoms with Gasteiger partial charge in [-0.25, -0.2) is 4.39 Å². The Labute approximate surface area is 129 Å². The number of hydrogen-bond donors (Lipinski definition) is 1. The third-order valence-electron chi connectivity index (χ3n) is 2.59. The van der Waals surface area contributed by atoms with Gasteiger partial charge in [0.15, 0.2) is 0 Å². The summed E-state index contributed by atoms with van der Waals surface area (Å²) >= 11 is 8.94. The van der Waals surface area contributed by atoms with Crippen molar-refractivity contribution in [3.8, 4) is 11.5 Å². The highest BCUT2D eigenvalue weighted by Crippen LogP contribution is 2.31. The molecule has 0 aromatic heterocycles. The Morgan fingerprint density at radius 3 is 2.70 bits per heavy atom. The molecular weight excluding hydrogens is 349 g/mol. The van der Waals surface area contributed by atoms with Gasteiger partial charge in [-0.05, 0) is 39.7 Å². The molecule has 2 rings (SSSR count). The second kappa shape index (κ2) is 6.33. The molecule has 6 heteroatoms. The Morgan fingerprint density at radius 2 is 2.00 bits per heavy atom. The average molecular weight is 361 g/mol. The number of halogens is 3. The summed E-state index contributed by atoms with van der Waals surface area (Å²) < 4.78 is 24.7. The summed E-state index contributed by atoms with van der Waals surface area (Å²) in [6.45, 7) is 0.237. The van der Waals surface area contributed by atoms with Gasteiger partial charge in [0.1, 0.15) is 23.9 Å². The van der Waals surface area contributed by atoms with E-state index in [0.29, 0.717) is 21.7 Å². The van der Waals surface area contributed by atoms with Crippen LogP contribution in [-0.2, 0) is 6.61 Å². The molecule has 0 heterocycles. The van der Waals surface area contributed by atoms with Gasteiger partial charge in [0.25, 0.3) is 0 Å². The first kappa shape index (κ1) is 14.9. The van der Waals surface area contributed by atoms with E-state index < -0.39 is 5.82 Å². The molecule has 0 radical (unpaired) electrons. The van der Waals surface area contributed by atoms with Crippen molar-refractivity contribution >= 4 is 33.2 Å². The zero-order valence-electron chi connectivity index (χ0n) is 10.6. The van der Waals surface area contributed by atoms with Crippen LogP contribution in [0.1, 0.15) is 5.56 Å². The molecule has 0 spiro atoms. The summed E-state index contributed by atoms with van der Waals surface area (Å²) in [4.78, 5) is 0. The van der Waals surface area contributed by atoms with Crippen molar-refractivity contribution in [2.24, 2.45) is 0 Å². The molecular formula is C14H12BrClFNO2. The van der Waals surface area contributed by atoms with Crippen LogP contribution in [0.3, 0.4) is 0 Å². The zero-order valence-corrected chi connectivity index (χ0v) is 13.0. The van der Waals surface area contributed by atoms with Crippen molar-refractivity contribution in [3.63, 3.8) is 0 Å². The first-order valence-corrected chi connectivity index (χ1v) is 6.87. The Morgan fingerprint density at radius 1 is 1.25 bits per heavy atom. The average Bonchev–Trinajstić information content (AvgIpc) is 2.40. The van der Waals surface area contributed by atoms with E-state index in [4.69, 9.17) is 26.8 Å². The maximum Gasteiger partial charge on any atom is 0.145 e. The number of anilines is 1. The normalized spacial score (nSPS) is 10.4. The fraction of sp³-hybridized carbons (Fsp3) is 0.143.